The van der Waals surface area contributed by atoms with Crippen LogP contribution in [0.1, 0.15) is 58.3 Å². The van der Waals surface area contributed by atoms with E-state index in [1.165, 1.54) is 0 Å². The van der Waals surface area contributed by atoms with Crippen LogP contribution < -0.4 is 0 Å². The van der Waals surface area contributed by atoms with Gasteiger partial charge in [0.1, 0.15) is 0 Å². The minimum atomic E-state index is -1.11. The average Bonchev–Trinajstić information content (AvgIpc) is 2.67. The summed E-state index contributed by atoms with van der Waals surface area (Å²) in [6.07, 6.45) is 0.0203. The van der Waals surface area contributed by atoms with E-state index in [1.807, 2.05) is 6.92 Å². The fourth-order valence-electron chi connectivity index (χ4n) is 4.23. The number of rotatable bonds is 10. The molecule has 0 aromatic rings. The number of carboxylic acids is 2. The Morgan fingerprint density at radius 1 is 0.900 bits per heavy atom. The molecule has 2 saturated carbocycles. The second-order valence-corrected chi connectivity index (χ2v) is 8.23. The quantitative estimate of drug-likeness (QED) is 0.172. The minimum Gasteiger partial charge on any atom is -0.481 e. The van der Waals surface area contributed by atoms with Crippen LogP contribution in [0.3, 0.4) is 0 Å². The van der Waals surface area contributed by atoms with Crippen molar-refractivity contribution in [1.29, 1.82) is 0 Å². The lowest BCUT2D eigenvalue weighted by atomic mass is 9.78. The molecule has 0 aromatic heterocycles. The van der Waals surface area contributed by atoms with Gasteiger partial charge in [-0.1, -0.05) is 13.3 Å². The van der Waals surface area contributed by atoms with E-state index in [9.17, 15) is 34.8 Å². The van der Waals surface area contributed by atoms with Crippen LogP contribution in [0.25, 0.3) is 0 Å². The van der Waals surface area contributed by atoms with Gasteiger partial charge in [-0.3, -0.25) is 14.4 Å². The molecular weight excluding hydrogens is 400 g/mol. The van der Waals surface area contributed by atoms with E-state index in [-0.39, 0.29) is 25.9 Å². The van der Waals surface area contributed by atoms with Crippen molar-refractivity contribution in [2.75, 3.05) is 6.61 Å². The van der Waals surface area contributed by atoms with Crippen molar-refractivity contribution in [3.05, 3.63) is 0 Å². The molecule has 10 heteroatoms. The van der Waals surface area contributed by atoms with E-state index in [0.29, 0.717) is 32.1 Å². The largest absolute Gasteiger partial charge is 0.481 e. The van der Waals surface area contributed by atoms with Crippen molar-refractivity contribution in [2.24, 2.45) is 23.7 Å². The number of carbonyl (C=O) groups excluding carboxylic acids is 1. The monoisotopic (exact) mass is 432 g/mol. The molecule has 0 aromatic carbocycles. The number of hydrogen-bond donors (Lipinski definition) is 4. The van der Waals surface area contributed by atoms with Gasteiger partial charge in [-0.05, 0) is 38.5 Å². The molecule has 7 unspecified atom stereocenters. The normalized spacial score (nSPS) is 32.9. The highest BCUT2D eigenvalue weighted by Crippen LogP contribution is 2.33. The molecule has 0 bridgehead atoms. The fourth-order valence-corrected chi connectivity index (χ4v) is 4.23. The number of carboxylic acid groups (broad SMARTS) is 2. The Kier molecular flexibility index (Phi) is 9.47. The highest BCUT2D eigenvalue weighted by molar-refractivity contribution is 5.81. The van der Waals surface area contributed by atoms with Gasteiger partial charge < -0.3 is 25.2 Å². The molecule has 172 valence electrons. The Hall–Kier alpha value is -1.75. The maximum Gasteiger partial charge on any atom is 0.312 e. The van der Waals surface area contributed by atoms with Gasteiger partial charge in [-0.25, -0.2) is 4.89 Å². The van der Waals surface area contributed by atoms with Gasteiger partial charge in [0, 0.05) is 12.3 Å². The number of hydrogen-bond acceptors (Lipinski definition) is 8. The van der Waals surface area contributed by atoms with Crippen molar-refractivity contribution in [3.8, 4) is 0 Å². The summed E-state index contributed by atoms with van der Waals surface area (Å²) in [4.78, 5) is 45.8. The molecule has 10 nitrogen and oxygen atoms in total. The average molecular weight is 432 g/mol. The number of aliphatic hydroxyl groups is 2. The summed E-state index contributed by atoms with van der Waals surface area (Å²) < 4.78 is 5.32. The smallest absolute Gasteiger partial charge is 0.312 e. The molecule has 0 radical (unpaired) electrons. The van der Waals surface area contributed by atoms with Gasteiger partial charge >= 0.3 is 17.9 Å². The number of aliphatic carboxylic acids is 2. The van der Waals surface area contributed by atoms with Gasteiger partial charge in [0.15, 0.2) is 0 Å². The lowest BCUT2D eigenvalue weighted by Gasteiger charge is -2.32. The molecule has 7 atom stereocenters. The number of carbonyl (C=O) groups is 3. The van der Waals surface area contributed by atoms with E-state index in [1.54, 1.807) is 0 Å². The summed E-state index contributed by atoms with van der Waals surface area (Å²) in [6, 6.07) is 0. The molecule has 2 fully saturated rings. The van der Waals surface area contributed by atoms with Gasteiger partial charge in [-0.2, -0.15) is 4.89 Å². The SMILES string of the molecule is CCCC(OOCC1CC(O)CCC1C(=O)O)OC(=O)C1CC(O)CCC1C(=O)O. The second-order valence-electron chi connectivity index (χ2n) is 8.23. The summed E-state index contributed by atoms with van der Waals surface area (Å²) in [6.45, 7) is 1.76. The lowest BCUT2D eigenvalue weighted by Crippen LogP contribution is -2.40. The first-order valence-electron chi connectivity index (χ1n) is 10.5. The van der Waals surface area contributed by atoms with E-state index in [4.69, 9.17) is 14.5 Å². The van der Waals surface area contributed by atoms with Gasteiger partial charge in [0.05, 0.1) is 36.6 Å². The van der Waals surface area contributed by atoms with Gasteiger partial charge in [0.2, 0.25) is 6.29 Å². The maximum atomic E-state index is 12.5. The molecular formula is C20H32O10. The van der Waals surface area contributed by atoms with Crippen LogP contribution in [-0.2, 0) is 28.9 Å². The van der Waals surface area contributed by atoms with Crippen molar-refractivity contribution >= 4 is 17.9 Å². The molecule has 0 spiro atoms. The molecule has 0 aliphatic heterocycles. The van der Waals surface area contributed by atoms with Crippen molar-refractivity contribution in [1.82, 2.24) is 0 Å². The van der Waals surface area contributed by atoms with E-state index in [0.717, 1.165) is 0 Å². The molecule has 4 N–H and O–H groups in total. The topological polar surface area (TPSA) is 160 Å². The zero-order chi connectivity index (χ0) is 22.3. The summed E-state index contributed by atoms with van der Waals surface area (Å²) >= 11 is 0. The fraction of sp³-hybridized carbons (Fsp3) is 0.850. The first-order chi connectivity index (χ1) is 14.2. The highest BCUT2D eigenvalue weighted by Gasteiger charge is 2.41. The summed E-state index contributed by atoms with van der Waals surface area (Å²) in [5.41, 5.74) is 0. The van der Waals surface area contributed by atoms with Gasteiger partial charge in [-0.15, -0.1) is 0 Å². The zero-order valence-electron chi connectivity index (χ0n) is 17.1. The molecule has 2 aliphatic carbocycles. The maximum absolute atomic E-state index is 12.5. The third kappa shape index (κ3) is 6.90. The molecule has 0 heterocycles. The van der Waals surface area contributed by atoms with Crippen LogP contribution in [0.5, 0.6) is 0 Å². The molecule has 0 amide bonds. The van der Waals surface area contributed by atoms with Crippen LogP contribution >= 0.6 is 0 Å². The Balaban J connectivity index is 1.91. The highest BCUT2D eigenvalue weighted by atomic mass is 17.2. The summed E-state index contributed by atoms with van der Waals surface area (Å²) in [7, 11) is 0. The van der Waals surface area contributed by atoms with Crippen LogP contribution in [0, 0.1) is 23.7 Å². The lowest BCUT2D eigenvalue weighted by molar-refractivity contribution is -0.378. The summed E-state index contributed by atoms with van der Waals surface area (Å²) in [5, 5.41) is 38.3. The molecule has 0 saturated heterocycles. The Morgan fingerprint density at radius 3 is 2.10 bits per heavy atom. The predicted molar refractivity (Wildman–Crippen MR) is 101 cm³/mol. The first-order valence-corrected chi connectivity index (χ1v) is 10.5. The van der Waals surface area contributed by atoms with Crippen LogP contribution in [0.4, 0.5) is 0 Å². The van der Waals surface area contributed by atoms with Crippen molar-refractivity contribution in [2.45, 2.75) is 76.8 Å². The molecule has 30 heavy (non-hydrogen) atoms. The van der Waals surface area contributed by atoms with Crippen LogP contribution in [0.2, 0.25) is 0 Å². The van der Waals surface area contributed by atoms with Crippen molar-refractivity contribution in [3.63, 3.8) is 0 Å². The zero-order valence-corrected chi connectivity index (χ0v) is 17.1. The minimum absolute atomic E-state index is 0.00968. The Labute approximate surface area is 175 Å². The standard InChI is InChI=1S/C20H32O10/c1-2-3-17(29-20(27)16-9-13(22)5-7-15(16)19(25)26)30-28-10-11-8-12(21)4-6-14(11)18(23)24/h11-17,21-22H,2-10H2,1H3,(H,23,24)(H,25,26). The Bertz CT molecular complexity index is 594. The van der Waals surface area contributed by atoms with Gasteiger partial charge in [0.25, 0.3) is 0 Å². The summed E-state index contributed by atoms with van der Waals surface area (Å²) in [5.74, 6) is -5.81. The van der Waals surface area contributed by atoms with E-state index < -0.39 is 60.1 Å². The molecule has 2 rings (SSSR count). The van der Waals surface area contributed by atoms with Crippen LogP contribution in [-0.4, -0.2) is 63.4 Å². The Morgan fingerprint density at radius 2 is 1.50 bits per heavy atom. The third-order valence-electron chi connectivity index (χ3n) is 5.94. The number of esters is 1. The number of ether oxygens (including phenoxy) is 1. The third-order valence-corrected chi connectivity index (χ3v) is 5.94. The second kappa shape index (κ2) is 11.6. The van der Waals surface area contributed by atoms with Crippen LogP contribution in [0.15, 0.2) is 0 Å². The van der Waals surface area contributed by atoms with E-state index in [2.05, 4.69) is 0 Å². The first kappa shape index (κ1) is 24.5. The van der Waals surface area contributed by atoms with Crippen molar-refractivity contribution < 1.29 is 49.3 Å². The predicted octanol–water partition coefficient (Wildman–Crippen LogP) is 1.33. The van der Waals surface area contributed by atoms with E-state index >= 15 is 0 Å². The number of aliphatic hydroxyl groups excluding tert-OH is 2. The molecule has 2 aliphatic rings.